The molecule has 0 aliphatic rings. The fourth-order valence-corrected chi connectivity index (χ4v) is 4.16. The summed E-state index contributed by atoms with van der Waals surface area (Å²) >= 11 is 9.02. The molecule has 0 fully saturated rings. The predicted molar refractivity (Wildman–Crippen MR) is 102 cm³/mol. The lowest BCUT2D eigenvalue weighted by Gasteiger charge is -2.10. The van der Waals surface area contributed by atoms with E-state index in [0.717, 1.165) is 22.1 Å². The zero-order valence-corrected chi connectivity index (χ0v) is 16.0. The second kappa shape index (κ2) is 9.81. The minimum absolute atomic E-state index is 0.0446. The molecule has 1 aromatic carbocycles. The first-order chi connectivity index (χ1) is 11.6. The Labute approximate surface area is 155 Å². The van der Waals surface area contributed by atoms with Gasteiger partial charge in [0, 0.05) is 17.2 Å². The van der Waals surface area contributed by atoms with E-state index in [0.29, 0.717) is 23.8 Å². The van der Waals surface area contributed by atoms with Gasteiger partial charge < -0.3 is 14.8 Å². The first kappa shape index (κ1) is 19.0. The number of benzene rings is 1. The number of thioether (sulfide) groups is 1. The molecule has 2 rings (SSSR count). The zero-order valence-electron chi connectivity index (χ0n) is 13.6. The highest BCUT2D eigenvalue weighted by molar-refractivity contribution is 7.99. The number of carbonyl (C=O) groups is 1. The van der Waals surface area contributed by atoms with Crippen LogP contribution in [-0.2, 0) is 17.0 Å². The van der Waals surface area contributed by atoms with E-state index in [9.17, 15) is 4.79 Å². The quantitative estimate of drug-likeness (QED) is 0.708. The van der Waals surface area contributed by atoms with Crippen LogP contribution in [0, 0.1) is 0 Å². The van der Waals surface area contributed by atoms with Crippen molar-refractivity contribution in [2.24, 2.45) is 0 Å². The number of amides is 1. The summed E-state index contributed by atoms with van der Waals surface area (Å²) in [5.74, 6) is 2.70. The second-order valence-electron chi connectivity index (χ2n) is 4.99. The number of carbonyl (C=O) groups excluding carboxylic acids is 1. The van der Waals surface area contributed by atoms with E-state index in [4.69, 9.17) is 21.1 Å². The van der Waals surface area contributed by atoms with Crippen molar-refractivity contribution in [3.05, 3.63) is 45.1 Å². The molecule has 0 saturated carbocycles. The first-order valence-electron chi connectivity index (χ1n) is 7.42. The molecular formula is C17H20ClNO3S2. The Hall–Kier alpha value is -1.37. The number of hydrogen-bond acceptors (Lipinski definition) is 5. The van der Waals surface area contributed by atoms with E-state index in [-0.39, 0.29) is 5.91 Å². The van der Waals surface area contributed by atoms with Crippen LogP contribution in [0.3, 0.4) is 0 Å². The molecule has 7 heteroatoms. The Bertz CT molecular complexity index is 676. The average molecular weight is 386 g/mol. The number of nitrogens with one attached hydrogen (secondary N) is 1. The standard InChI is InChI=1S/C17H20ClNO3S2/c1-21-14-5-3-12(9-15(14)22-2)7-8-19-17(20)11-23-10-13-4-6-16(18)24-13/h3-6,9H,7-8,10-11H2,1-2H3,(H,19,20). The van der Waals surface area contributed by atoms with Gasteiger partial charge in [0.05, 0.1) is 24.3 Å². The topological polar surface area (TPSA) is 47.6 Å². The maximum atomic E-state index is 11.9. The highest BCUT2D eigenvalue weighted by Gasteiger charge is 2.06. The van der Waals surface area contributed by atoms with Gasteiger partial charge in [0.1, 0.15) is 0 Å². The van der Waals surface area contributed by atoms with Gasteiger partial charge in [-0.2, -0.15) is 0 Å². The molecule has 0 radical (unpaired) electrons. The Kier molecular flexibility index (Phi) is 7.75. The van der Waals surface area contributed by atoms with Crippen LogP contribution in [0.1, 0.15) is 10.4 Å². The Morgan fingerprint density at radius 2 is 2.00 bits per heavy atom. The van der Waals surface area contributed by atoms with Gasteiger partial charge >= 0.3 is 0 Å². The van der Waals surface area contributed by atoms with Crippen molar-refractivity contribution in [3.63, 3.8) is 0 Å². The van der Waals surface area contributed by atoms with Gasteiger partial charge in [-0.3, -0.25) is 4.79 Å². The summed E-state index contributed by atoms with van der Waals surface area (Å²) in [5.41, 5.74) is 1.09. The van der Waals surface area contributed by atoms with Crippen LogP contribution in [0.5, 0.6) is 11.5 Å². The fourth-order valence-electron chi connectivity index (χ4n) is 2.11. The predicted octanol–water partition coefficient (Wildman–Crippen LogP) is 4.01. The smallest absolute Gasteiger partial charge is 0.230 e. The summed E-state index contributed by atoms with van der Waals surface area (Å²) in [6, 6.07) is 9.65. The van der Waals surface area contributed by atoms with Gasteiger partial charge in [0.25, 0.3) is 0 Å². The van der Waals surface area contributed by atoms with Gasteiger partial charge in [-0.25, -0.2) is 0 Å². The largest absolute Gasteiger partial charge is 0.493 e. The van der Waals surface area contributed by atoms with E-state index in [1.54, 1.807) is 37.3 Å². The minimum atomic E-state index is 0.0446. The molecule has 0 bridgehead atoms. The SMILES string of the molecule is COc1ccc(CCNC(=O)CSCc2ccc(Cl)s2)cc1OC. The maximum absolute atomic E-state index is 11.9. The van der Waals surface area contributed by atoms with Crippen LogP contribution in [0.25, 0.3) is 0 Å². The van der Waals surface area contributed by atoms with Gasteiger partial charge in [-0.1, -0.05) is 17.7 Å². The normalized spacial score (nSPS) is 10.5. The lowest BCUT2D eigenvalue weighted by Crippen LogP contribution is -2.27. The van der Waals surface area contributed by atoms with Crippen LogP contribution in [0.2, 0.25) is 4.34 Å². The highest BCUT2D eigenvalue weighted by Crippen LogP contribution is 2.27. The molecule has 0 aliphatic heterocycles. The second-order valence-corrected chi connectivity index (χ2v) is 7.77. The number of halogens is 1. The third kappa shape index (κ3) is 5.92. The molecule has 1 aromatic heterocycles. The van der Waals surface area contributed by atoms with Crippen molar-refractivity contribution in [1.29, 1.82) is 0 Å². The zero-order chi connectivity index (χ0) is 17.4. The number of methoxy groups -OCH3 is 2. The molecule has 1 N–H and O–H groups in total. The van der Waals surface area contributed by atoms with E-state index in [2.05, 4.69) is 5.32 Å². The summed E-state index contributed by atoms with van der Waals surface area (Å²) in [5, 5.41) is 2.93. The van der Waals surface area contributed by atoms with Gasteiger partial charge in [-0.05, 0) is 36.2 Å². The minimum Gasteiger partial charge on any atom is -0.493 e. The van der Waals surface area contributed by atoms with Crippen molar-refractivity contribution >= 4 is 40.6 Å². The lowest BCUT2D eigenvalue weighted by molar-refractivity contribution is -0.118. The van der Waals surface area contributed by atoms with Crippen LogP contribution in [-0.4, -0.2) is 32.4 Å². The van der Waals surface area contributed by atoms with Crippen LogP contribution < -0.4 is 14.8 Å². The van der Waals surface area contributed by atoms with E-state index < -0.39 is 0 Å². The highest BCUT2D eigenvalue weighted by atomic mass is 35.5. The Morgan fingerprint density at radius 3 is 2.67 bits per heavy atom. The van der Waals surface area contributed by atoms with E-state index in [1.165, 1.54) is 4.88 Å². The van der Waals surface area contributed by atoms with E-state index in [1.807, 2.05) is 30.3 Å². The maximum Gasteiger partial charge on any atom is 0.230 e. The molecule has 1 heterocycles. The summed E-state index contributed by atoms with van der Waals surface area (Å²) in [4.78, 5) is 13.0. The molecule has 0 spiro atoms. The third-order valence-corrected chi connectivity index (χ3v) is 5.69. The van der Waals surface area contributed by atoms with Crippen LogP contribution in [0.4, 0.5) is 0 Å². The van der Waals surface area contributed by atoms with Crippen molar-refractivity contribution in [3.8, 4) is 11.5 Å². The van der Waals surface area contributed by atoms with Crippen molar-refractivity contribution in [1.82, 2.24) is 5.32 Å². The fraction of sp³-hybridized carbons (Fsp3) is 0.353. The Balaban J connectivity index is 1.68. The van der Waals surface area contributed by atoms with Crippen molar-refractivity contribution in [2.45, 2.75) is 12.2 Å². The molecule has 2 aromatic rings. The first-order valence-corrected chi connectivity index (χ1v) is 9.77. The molecule has 0 saturated heterocycles. The van der Waals surface area contributed by atoms with Gasteiger partial charge in [0.15, 0.2) is 11.5 Å². The van der Waals surface area contributed by atoms with Crippen molar-refractivity contribution < 1.29 is 14.3 Å². The average Bonchev–Trinajstić information content (AvgIpc) is 3.00. The molecule has 1 amide bonds. The summed E-state index contributed by atoms with van der Waals surface area (Å²) in [7, 11) is 3.22. The number of hydrogen-bond donors (Lipinski definition) is 1. The Morgan fingerprint density at radius 1 is 1.21 bits per heavy atom. The number of ether oxygens (including phenoxy) is 2. The molecule has 130 valence electrons. The third-order valence-electron chi connectivity index (χ3n) is 3.29. The van der Waals surface area contributed by atoms with Crippen LogP contribution in [0.15, 0.2) is 30.3 Å². The monoisotopic (exact) mass is 385 g/mol. The lowest BCUT2D eigenvalue weighted by atomic mass is 10.1. The van der Waals surface area contributed by atoms with Crippen molar-refractivity contribution in [2.75, 3.05) is 26.5 Å². The summed E-state index contributed by atoms with van der Waals surface area (Å²) in [6.07, 6.45) is 0.747. The number of thiophene rings is 1. The molecule has 4 nitrogen and oxygen atoms in total. The molecule has 0 atom stereocenters. The molecule has 0 unspecified atom stereocenters. The molecule has 0 aliphatic carbocycles. The van der Waals surface area contributed by atoms with Gasteiger partial charge in [-0.15, -0.1) is 23.1 Å². The molecular weight excluding hydrogens is 366 g/mol. The summed E-state index contributed by atoms with van der Waals surface area (Å²) < 4.78 is 11.3. The van der Waals surface area contributed by atoms with Gasteiger partial charge in [0.2, 0.25) is 5.91 Å². The van der Waals surface area contributed by atoms with Crippen LogP contribution >= 0.6 is 34.7 Å². The number of rotatable bonds is 9. The summed E-state index contributed by atoms with van der Waals surface area (Å²) in [6.45, 7) is 0.597. The molecule has 24 heavy (non-hydrogen) atoms. The van der Waals surface area contributed by atoms with E-state index >= 15 is 0 Å².